The molecule has 0 unspecified atom stereocenters. The Morgan fingerprint density at radius 2 is 1.53 bits per heavy atom. The number of halogens is 3. The molecule has 9 heteroatoms. The molecule has 0 saturated heterocycles. The topological polar surface area (TPSA) is 68.3 Å². The lowest BCUT2D eigenvalue weighted by Crippen LogP contribution is -2.42. The highest BCUT2D eigenvalue weighted by Crippen LogP contribution is 2.49. The molecule has 2 aromatic carbocycles. The van der Waals surface area contributed by atoms with Gasteiger partial charge in [0.2, 0.25) is 0 Å². The van der Waals surface area contributed by atoms with Gasteiger partial charge in [0.15, 0.2) is 19.7 Å². The summed E-state index contributed by atoms with van der Waals surface area (Å²) in [6.45, 7) is 4.88. The molecule has 1 aliphatic carbocycles. The smallest absolute Gasteiger partial charge is 0.188 e. The molecule has 0 radical (unpaired) electrons. The first-order chi connectivity index (χ1) is 14.7. The SMILES string of the molecule is CC(C)(C)S(=O)(=O)CC1CCC(c2cc(F)ccc2F)(S(=O)(=O)c2ccc(Cl)cc2)CC1. The highest BCUT2D eigenvalue weighted by atomic mass is 35.5. The zero-order chi connectivity index (χ0) is 23.9. The zero-order valence-electron chi connectivity index (χ0n) is 18.2. The number of sulfone groups is 2. The summed E-state index contributed by atoms with van der Waals surface area (Å²) in [4.78, 5) is -0.0358. The van der Waals surface area contributed by atoms with Crippen LogP contribution >= 0.6 is 11.6 Å². The van der Waals surface area contributed by atoms with Crippen LogP contribution in [0.3, 0.4) is 0 Å². The summed E-state index contributed by atoms with van der Waals surface area (Å²) in [5.41, 5.74) is -0.218. The lowest BCUT2D eigenvalue weighted by Gasteiger charge is -2.40. The maximum Gasteiger partial charge on any atom is 0.188 e. The Morgan fingerprint density at radius 1 is 0.969 bits per heavy atom. The third kappa shape index (κ3) is 4.59. The van der Waals surface area contributed by atoms with E-state index in [1.165, 1.54) is 24.3 Å². The molecular formula is C23H27ClF2O4S2. The van der Waals surface area contributed by atoms with Crippen LogP contribution in [0.5, 0.6) is 0 Å². The van der Waals surface area contributed by atoms with Gasteiger partial charge in [-0.05, 0) is 94.8 Å². The van der Waals surface area contributed by atoms with E-state index in [0.717, 1.165) is 18.2 Å². The molecule has 0 heterocycles. The van der Waals surface area contributed by atoms with Crippen molar-refractivity contribution in [2.45, 2.75) is 60.8 Å². The van der Waals surface area contributed by atoms with E-state index >= 15 is 0 Å². The van der Waals surface area contributed by atoms with Crippen molar-refractivity contribution in [1.82, 2.24) is 0 Å². The normalized spacial score (nSPS) is 22.6. The van der Waals surface area contributed by atoms with E-state index in [4.69, 9.17) is 11.6 Å². The first-order valence-corrected chi connectivity index (χ1v) is 13.9. The predicted molar refractivity (Wildman–Crippen MR) is 122 cm³/mol. The molecule has 0 amide bonds. The van der Waals surface area contributed by atoms with Gasteiger partial charge in [0.05, 0.1) is 15.4 Å². The van der Waals surface area contributed by atoms with Gasteiger partial charge in [0.1, 0.15) is 16.4 Å². The van der Waals surface area contributed by atoms with Crippen molar-refractivity contribution in [1.29, 1.82) is 0 Å². The number of rotatable bonds is 5. The maximum absolute atomic E-state index is 14.9. The Balaban J connectivity index is 2.05. The van der Waals surface area contributed by atoms with E-state index in [2.05, 4.69) is 0 Å². The molecule has 0 N–H and O–H groups in total. The van der Waals surface area contributed by atoms with E-state index in [9.17, 15) is 25.6 Å². The zero-order valence-corrected chi connectivity index (χ0v) is 20.6. The van der Waals surface area contributed by atoms with Crippen molar-refractivity contribution in [3.05, 3.63) is 64.7 Å². The van der Waals surface area contributed by atoms with Gasteiger partial charge in [-0.1, -0.05) is 11.6 Å². The van der Waals surface area contributed by atoms with Crippen molar-refractivity contribution in [3.63, 3.8) is 0 Å². The van der Waals surface area contributed by atoms with E-state index < -0.39 is 40.8 Å². The molecule has 0 aliphatic heterocycles. The maximum atomic E-state index is 14.9. The van der Waals surface area contributed by atoms with Crippen LogP contribution in [0.2, 0.25) is 5.02 Å². The Labute approximate surface area is 193 Å². The van der Waals surface area contributed by atoms with Crippen molar-refractivity contribution in [2.75, 3.05) is 5.75 Å². The molecule has 176 valence electrons. The predicted octanol–water partition coefficient (Wildman–Crippen LogP) is 5.69. The van der Waals surface area contributed by atoms with Crippen LogP contribution in [-0.2, 0) is 24.4 Å². The summed E-state index contributed by atoms with van der Waals surface area (Å²) < 4.78 is 79.2. The summed E-state index contributed by atoms with van der Waals surface area (Å²) in [5.74, 6) is -1.86. The fourth-order valence-electron chi connectivity index (χ4n) is 4.24. The molecule has 0 atom stereocenters. The van der Waals surface area contributed by atoms with Crippen molar-refractivity contribution in [3.8, 4) is 0 Å². The molecule has 1 fully saturated rings. The molecule has 0 aromatic heterocycles. The number of hydrogen-bond acceptors (Lipinski definition) is 4. The molecule has 1 aliphatic rings. The first-order valence-electron chi connectivity index (χ1n) is 10.4. The van der Waals surface area contributed by atoms with E-state index in [-0.39, 0.29) is 47.8 Å². The fourth-order valence-corrected chi connectivity index (χ4v) is 7.98. The standard InChI is InChI=1S/C23H27ClF2O4S2/c1-22(2,3)31(27,28)15-16-10-12-23(13-11-16,20-14-18(25)6-9-21(20)26)32(29,30)19-7-4-17(24)5-8-19/h4-9,14,16H,10-13,15H2,1-3H3. The van der Waals surface area contributed by atoms with Crippen LogP contribution in [-0.4, -0.2) is 27.3 Å². The van der Waals surface area contributed by atoms with E-state index in [1.807, 2.05) is 0 Å². The Hall–Kier alpha value is -1.51. The van der Waals surface area contributed by atoms with Gasteiger partial charge >= 0.3 is 0 Å². The van der Waals surface area contributed by atoms with Crippen molar-refractivity contribution < 1.29 is 25.6 Å². The molecule has 3 rings (SSSR count). The third-order valence-electron chi connectivity index (χ3n) is 6.36. The molecule has 4 nitrogen and oxygen atoms in total. The molecule has 1 saturated carbocycles. The lowest BCUT2D eigenvalue weighted by atomic mass is 9.78. The summed E-state index contributed by atoms with van der Waals surface area (Å²) in [6.07, 6.45) is 0.501. The van der Waals surface area contributed by atoms with Crippen LogP contribution < -0.4 is 0 Å². The van der Waals surface area contributed by atoms with Gasteiger partial charge in [-0.25, -0.2) is 25.6 Å². The van der Waals surface area contributed by atoms with E-state index in [1.54, 1.807) is 20.8 Å². The van der Waals surface area contributed by atoms with Crippen LogP contribution in [0.1, 0.15) is 52.0 Å². The van der Waals surface area contributed by atoms with Crippen LogP contribution in [0.15, 0.2) is 47.4 Å². The Kier molecular flexibility index (Phi) is 6.82. The minimum absolute atomic E-state index is 0.0112. The second-order valence-electron chi connectivity index (χ2n) is 9.41. The first kappa shape index (κ1) is 25.1. The van der Waals surface area contributed by atoms with Gasteiger partial charge < -0.3 is 0 Å². The van der Waals surface area contributed by atoms with E-state index in [0.29, 0.717) is 5.02 Å². The average Bonchev–Trinajstić information content (AvgIpc) is 2.69. The minimum Gasteiger partial charge on any atom is -0.228 e. The average molecular weight is 505 g/mol. The molecule has 32 heavy (non-hydrogen) atoms. The quantitative estimate of drug-likeness (QED) is 0.524. The highest BCUT2D eigenvalue weighted by molar-refractivity contribution is 7.93. The second-order valence-corrected chi connectivity index (χ2v) is 14.9. The summed E-state index contributed by atoms with van der Waals surface area (Å²) in [5, 5.41) is 0.353. The molecule has 2 aromatic rings. The van der Waals surface area contributed by atoms with Gasteiger partial charge in [-0.15, -0.1) is 0 Å². The van der Waals surface area contributed by atoms with Crippen LogP contribution in [0.25, 0.3) is 0 Å². The van der Waals surface area contributed by atoms with Gasteiger partial charge in [-0.3, -0.25) is 0 Å². The van der Waals surface area contributed by atoms with Gasteiger partial charge in [-0.2, -0.15) is 0 Å². The molecule has 0 spiro atoms. The molecule has 0 bridgehead atoms. The second kappa shape index (κ2) is 8.69. The summed E-state index contributed by atoms with van der Waals surface area (Å²) in [6, 6.07) is 8.40. The minimum atomic E-state index is -4.14. The summed E-state index contributed by atoms with van der Waals surface area (Å²) >= 11 is 5.90. The Morgan fingerprint density at radius 3 is 2.06 bits per heavy atom. The van der Waals surface area contributed by atoms with Gasteiger partial charge in [0, 0.05) is 10.6 Å². The summed E-state index contributed by atoms with van der Waals surface area (Å²) in [7, 11) is -7.55. The van der Waals surface area contributed by atoms with Crippen LogP contribution in [0.4, 0.5) is 8.78 Å². The largest absolute Gasteiger partial charge is 0.228 e. The van der Waals surface area contributed by atoms with Crippen LogP contribution in [0, 0.1) is 17.6 Å². The molecular weight excluding hydrogens is 478 g/mol. The third-order valence-corrected chi connectivity index (χ3v) is 11.9. The number of hydrogen-bond donors (Lipinski definition) is 0. The van der Waals surface area contributed by atoms with Crippen molar-refractivity contribution in [2.24, 2.45) is 5.92 Å². The fraction of sp³-hybridized carbons (Fsp3) is 0.478. The highest BCUT2D eigenvalue weighted by Gasteiger charge is 2.50. The Bertz CT molecular complexity index is 1190. The van der Waals surface area contributed by atoms with Gasteiger partial charge in [0.25, 0.3) is 0 Å². The van der Waals surface area contributed by atoms with Crippen molar-refractivity contribution >= 4 is 31.3 Å². The lowest BCUT2D eigenvalue weighted by molar-refractivity contribution is 0.302. The number of benzene rings is 2. The monoisotopic (exact) mass is 504 g/mol.